The lowest BCUT2D eigenvalue weighted by Gasteiger charge is -2.52. The average molecular weight is 260 g/mol. The predicted octanol–water partition coefficient (Wildman–Crippen LogP) is 1.89. The lowest BCUT2D eigenvalue weighted by Crippen LogP contribution is -2.79. The Balaban J connectivity index is 3.70. The number of carboxylic acids is 1. The third-order valence-electron chi connectivity index (χ3n) is 4.01. The van der Waals surface area contributed by atoms with Crippen LogP contribution in [0.3, 0.4) is 0 Å². The van der Waals surface area contributed by atoms with Crippen LogP contribution < -0.4 is 0 Å². The number of aliphatic carboxylic acids is 1. The van der Waals surface area contributed by atoms with Gasteiger partial charge in [0.15, 0.2) is 0 Å². The Morgan fingerprint density at radius 3 is 1.83 bits per heavy atom. The first-order valence-corrected chi connectivity index (χ1v) is 5.85. The van der Waals surface area contributed by atoms with E-state index in [1.165, 1.54) is 6.92 Å². The highest BCUT2D eigenvalue weighted by Gasteiger charge is 2.76. The van der Waals surface area contributed by atoms with Gasteiger partial charge in [-0.1, -0.05) is 0 Å². The molecule has 0 spiro atoms. The lowest BCUT2D eigenvalue weighted by atomic mass is 9.87. The van der Waals surface area contributed by atoms with Crippen LogP contribution in [-0.2, 0) is 9.53 Å². The van der Waals surface area contributed by atoms with Gasteiger partial charge in [-0.3, -0.25) is 0 Å². The second kappa shape index (κ2) is 3.68. The van der Waals surface area contributed by atoms with Crippen molar-refractivity contribution < 1.29 is 29.0 Å². The molecule has 1 aliphatic heterocycles. The summed E-state index contributed by atoms with van der Waals surface area (Å²) in [6.07, 6.45) is -1.19. The van der Waals surface area contributed by atoms with E-state index >= 15 is 0 Å². The van der Waals surface area contributed by atoms with E-state index in [-0.39, 0.29) is 6.61 Å². The van der Waals surface area contributed by atoms with Gasteiger partial charge in [-0.2, -0.15) is 9.28 Å². The standard InChI is InChI=1S/C12H21NO5/c1-10(2,3)13(9(16)17)11(4,5)18-7-12(13,6)8(14)15/h7H2,1-6H3,(H-,14,15,16,17)/p+1. The van der Waals surface area contributed by atoms with Crippen LogP contribution in [0, 0.1) is 0 Å². The molecule has 0 saturated carbocycles. The summed E-state index contributed by atoms with van der Waals surface area (Å²) in [6, 6.07) is 0. The molecule has 0 aliphatic carbocycles. The Morgan fingerprint density at radius 1 is 1.17 bits per heavy atom. The van der Waals surface area contributed by atoms with Crippen LogP contribution in [0.4, 0.5) is 4.79 Å². The van der Waals surface area contributed by atoms with Gasteiger partial charge in [0.2, 0.25) is 11.3 Å². The zero-order chi connectivity index (χ0) is 14.6. The third kappa shape index (κ3) is 1.42. The van der Waals surface area contributed by atoms with Crippen molar-refractivity contribution in [2.45, 2.75) is 58.3 Å². The Morgan fingerprint density at radius 2 is 1.61 bits per heavy atom. The van der Waals surface area contributed by atoms with Crippen molar-refractivity contribution in [1.82, 2.24) is 0 Å². The maximum Gasteiger partial charge on any atom is 0.517 e. The summed E-state index contributed by atoms with van der Waals surface area (Å²) in [5, 5.41) is 19.2. The SMILES string of the molecule is CC(C)(C)[N+]1(C(=O)O)C(C)(C)OCC1(C)C(=O)O. The van der Waals surface area contributed by atoms with E-state index in [0.717, 1.165) is 0 Å². The Hall–Kier alpha value is -1.14. The second-order valence-electron chi connectivity index (χ2n) is 6.44. The minimum Gasteiger partial charge on any atom is -0.477 e. The van der Waals surface area contributed by atoms with E-state index in [0.29, 0.717) is 0 Å². The molecule has 1 amide bonds. The Labute approximate surface area is 107 Å². The van der Waals surface area contributed by atoms with E-state index in [2.05, 4.69) is 0 Å². The Kier molecular flexibility index (Phi) is 3.05. The van der Waals surface area contributed by atoms with Gasteiger partial charge < -0.3 is 14.9 Å². The average Bonchev–Trinajstić information content (AvgIpc) is 2.33. The zero-order valence-corrected chi connectivity index (χ0v) is 11.8. The predicted molar refractivity (Wildman–Crippen MR) is 64.1 cm³/mol. The van der Waals surface area contributed by atoms with Gasteiger partial charge in [0.25, 0.3) is 0 Å². The normalized spacial score (nSPS) is 35.4. The number of ether oxygens (including phenoxy) is 1. The fraction of sp³-hybridized carbons (Fsp3) is 0.833. The van der Waals surface area contributed by atoms with E-state index in [1.807, 2.05) is 0 Å². The molecule has 2 atom stereocenters. The molecule has 1 aliphatic rings. The van der Waals surface area contributed by atoms with Crippen LogP contribution in [0.15, 0.2) is 0 Å². The number of hydrogen-bond donors (Lipinski definition) is 2. The summed E-state index contributed by atoms with van der Waals surface area (Å²) in [6.45, 7) is 9.72. The van der Waals surface area contributed by atoms with Crippen LogP contribution in [0.2, 0.25) is 0 Å². The van der Waals surface area contributed by atoms with Crippen LogP contribution >= 0.6 is 0 Å². The number of amides is 1. The van der Waals surface area contributed by atoms with Crippen molar-refractivity contribution in [2.24, 2.45) is 0 Å². The highest BCUT2D eigenvalue weighted by atomic mass is 16.6. The van der Waals surface area contributed by atoms with Gasteiger partial charge in [-0.05, 0) is 20.8 Å². The molecular weight excluding hydrogens is 238 g/mol. The monoisotopic (exact) mass is 260 g/mol. The molecule has 0 aromatic rings. The fourth-order valence-electron chi connectivity index (χ4n) is 3.59. The highest BCUT2D eigenvalue weighted by Crippen LogP contribution is 2.50. The first kappa shape index (κ1) is 14.9. The Bertz CT molecular complexity index is 398. The molecule has 2 N–H and O–H groups in total. The number of nitrogens with zero attached hydrogens (tertiary/aromatic N) is 1. The fourth-order valence-corrected chi connectivity index (χ4v) is 3.59. The van der Waals surface area contributed by atoms with Crippen molar-refractivity contribution in [1.29, 1.82) is 0 Å². The number of rotatable bonds is 1. The van der Waals surface area contributed by atoms with E-state index in [9.17, 15) is 19.8 Å². The molecule has 6 nitrogen and oxygen atoms in total. The van der Waals surface area contributed by atoms with Crippen molar-refractivity contribution in [3.63, 3.8) is 0 Å². The van der Waals surface area contributed by atoms with Crippen LogP contribution in [-0.4, -0.2) is 50.2 Å². The summed E-state index contributed by atoms with van der Waals surface area (Å²) in [7, 11) is 0. The summed E-state index contributed by atoms with van der Waals surface area (Å²) in [5.74, 6) is -1.16. The summed E-state index contributed by atoms with van der Waals surface area (Å²) < 4.78 is 4.87. The molecule has 0 aromatic carbocycles. The molecule has 104 valence electrons. The summed E-state index contributed by atoms with van der Waals surface area (Å²) in [4.78, 5) is 23.6. The highest BCUT2D eigenvalue weighted by molar-refractivity contribution is 5.80. The second-order valence-corrected chi connectivity index (χ2v) is 6.44. The van der Waals surface area contributed by atoms with E-state index in [4.69, 9.17) is 4.74 Å². The lowest BCUT2D eigenvalue weighted by molar-refractivity contribution is -0.979. The van der Waals surface area contributed by atoms with Gasteiger partial charge in [0.05, 0.1) is 0 Å². The van der Waals surface area contributed by atoms with Crippen molar-refractivity contribution in [2.75, 3.05) is 6.61 Å². The molecular formula is C12H22NO5+. The first-order chi connectivity index (χ1) is 7.84. The zero-order valence-electron chi connectivity index (χ0n) is 11.8. The summed E-state index contributed by atoms with van der Waals surface area (Å²) >= 11 is 0. The molecule has 0 bridgehead atoms. The molecule has 6 heteroatoms. The number of hydrogen-bond acceptors (Lipinski definition) is 3. The van der Waals surface area contributed by atoms with Gasteiger partial charge in [0, 0.05) is 20.8 Å². The topological polar surface area (TPSA) is 83.8 Å². The molecule has 2 unspecified atom stereocenters. The number of quaternary nitrogens is 1. The number of carboxylic acid groups (broad SMARTS) is 2. The minimum absolute atomic E-state index is 0.126. The van der Waals surface area contributed by atoms with Crippen LogP contribution in [0.1, 0.15) is 41.5 Å². The largest absolute Gasteiger partial charge is 0.517 e. The van der Waals surface area contributed by atoms with E-state index in [1.54, 1.807) is 34.6 Å². The van der Waals surface area contributed by atoms with Crippen molar-refractivity contribution >= 4 is 12.1 Å². The smallest absolute Gasteiger partial charge is 0.477 e. The molecule has 1 saturated heterocycles. The molecule has 0 aromatic heterocycles. The van der Waals surface area contributed by atoms with Gasteiger partial charge >= 0.3 is 12.1 Å². The van der Waals surface area contributed by atoms with Gasteiger partial charge in [-0.25, -0.2) is 4.79 Å². The summed E-state index contributed by atoms with van der Waals surface area (Å²) in [5.41, 5.74) is -3.45. The van der Waals surface area contributed by atoms with Crippen molar-refractivity contribution in [3.05, 3.63) is 0 Å². The molecule has 18 heavy (non-hydrogen) atoms. The first-order valence-electron chi connectivity index (χ1n) is 5.85. The maximum atomic E-state index is 11.9. The van der Waals surface area contributed by atoms with Gasteiger partial charge in [0.1, 0.15) is 12.1 Å². The maximum absolute atomic E-state index is 11.9. The molecule has 0 radical (unpaired) electrons. The number of carbonyl (C=O) groups is 2. The molecule has 1 rings (SSSR count). The van der Waals surface area contributed by atoms with Gasteiger partial charge in [-0.15, -0.1) is 0 Å². The third-order valence-corrected chi connectivity index (χ3v) is 4.01. The van der Waals surface area contributed by atoms with E-state index < -0.39 is 33.3 Å². The van der Waals surface area contributed by atoms with Crippen LogP contribution in [0.25, 0.3) is 0 Å². The quantitative estimate of drug-likeness (QED) is 0.703. The molecule has 1 fully saturated rings. The van der Waals surface area contributed by atoms with Crippen LogP contribution in [0.5, 0.6) is 0 Å². The van der Waals surface area contributed by atoms with Crippen molar-refractivity contribution in [3.8, 4) is 0 Å². The molecule has 1 heterocycles. The minimum atomic E-state index is -1.52.